The van der Waals surface area contributed by atoms with E-state index in [-0.39, 0.29) is 5.82 Å². The lowest BCUT2D eigenvalue weighted by atomic mass is 9.92. The van der Waals surface area contributed by atoms with Crippen molar-refractivity contribution in [1.29, 1.82) is 0 Å². The lowest BCUT2D eigenvalue weighted by molar-refractivity contribution is -0.137. The largest absolute Gasteiger partial charge is 0.417 e. The molecule has 1 fully saturated rings. The molecule has 2 N–H and O–H groups in total. The van der Waals surface area contributed by atoms with E-state index in [4.69, 9.17) is 11.6 Å². The number of urea groups is 1. The molecule has 1 unspecified atom stereocenters. The number of amides is 4. The van der Waals surface area contributed by atoms with E-state index in [9.17, 15) is 31.9 Å². The lowest BCUT2D eigenvalue weighted by Crippen LogP contribution is -2.42. The number of alkyl halides is 3. The van der Waals surface area contributed by atoms with E-state index in [1.165, 1.54) is 19.1 Å². The van der Waals surface area contributed by atoms with E-state index in [0.29, 0.717) is 22.7 Å². The van der Waals surface area contributed by atoms with Gasteiger partial charge in [0, 0.05) is 6.20 Å². The highest BCUT2D eigenvalue weighted by atomic mass is 35.5. The van der Waals surface area contributed by atoms with Gasteiger partial charge in [0.15, 0.2) is 5.82 Å². The first-order valence-electron chi connectivity index (χ1n) is 8.34. The van der Waals surface area contributed by atoms with Gasteiger partial charge >= 0.3 is 12.2 Å². The van der Waals surface area contributed by atoms with Gasteiger partial charge in [0.25, 0.3) is 5.91 Å². The number of nitrogens with one attached hydrogen (secondary N) is 2. The molecule has 1 aromatic carbocycles. The number of rotatable bonds is 4. The molecule has 0 bridgehead atoms. The van der Waals surface area contributed by atoms with Crippen LogP contribution in [0.1, 0.15) is 18.1 Å². The summed E-state index contributed by atoms with van der Waals surface area (Å²) < 4.78 is 51.1. The smallest absolute Gasteiger partial charge is 0.319 e. The molecule has 7 nitrogen and oxygen atoms in total. The summed E-state index contributed by atoms with van der Waals surface area (Å²) in [6.07, 6.45) is -4.18. The Balaban J connectivity index is 1.73. The number of aromatic nitrogens is 1. The van der Waals surface area contributed by atoms with Crippen LogP contribution in [-0.4, -0.2) is 34.3 Å². The Morgan fingerprint density at radius 3 is 2.47 bits per heavy atom. The minimum atomic E-state index is -4.66. The second-order valence-corrected chi connectivity index (χ2v) is 6.96. The van der Waals surface area contributed by atoms with E-state index in [1.54, 1.807) is 0 Å². The van der Waals surface area contributed by atoms with Crippen LogP contribution in [0.5, 0.6) is 0 Å². The summed E-state index contributed by atoms with van der Waals surface area (Å²) in [5.74, 6) is -2.56. The van der Waals surface area contributed by atoms with Crippen molar-refractivity contribution in [2.45, 2.75) is 18.6 Å². The number of hydrogen-bond donors (Lipinski definition) is 2. The van der Waals surface area contributed by atoms with Crippen LogP contribution >= 0.6 is 11.6 Å². The molecule has 1 aromatic heterocycles. The second kappa shape index (κ2) is 7.56. The number of carbonyl (C=O) groups excluding carboxylic acids is 3. The topological polar surface area (TPSA) is 91.4 Å². The predicted molar refractivity (Wildman–Crippen MR) is 96.9 cm³/mol. The van der Waals surface area contributed by atoms with Gasteiger partial charge in [0.05, 0.1) is 10.6 Å². The van der Waals surface area contributed by atoms with Crippen LogP contribution in [-0.2, 0) is 21.3 Å². The molecule has 1 aliphatic heterocycles. The van der Waals surface area contributed by atoms with Crippen LogP contribution in [0.15, 0.2) is 36.5 Å². The van der Waals surface area contributed by atoms with Crippen LogP contribution in [0, 0.1) is 5.82 Å². The standard InChI is InChI=1S/C18H13ClF4N4O3/c1-17(9-2-4-11(20)5-3-9)15(29)27(16(30)26-17)8-13(28)25-14-12(19)6-10(7-24-14)18(21,22)23/h2-7H,8H2,1H3,(H,26,30)(H,24,25,28). The summed E-state index contributed by atoms with van der Waals surface area (Å²) in [4.78, 5) is 41.3. The van der Waals surface area contributed by atoms with Gasteiger partial charge < -0.3 is 10.6 Å². The Hall–Kier alpha value is -3.21. The van der Waals surface area contributed by atoms with E-state index in [0.717, 1.165) is 12.1 Å². The minimum Gasteiger partial charge on any atom is -0.319 e. The zero-order valence-electron chi connectivity index (χ0n) is 15.2. The van der Waals surface area contributed by atoms with Gasteiger partial charge in [-0.15, -0.1) is 0 Å². The maximum absolute atomic E-state index is 13.1. The summed E-state index contributed by atoms with van der Waals surface area (Å²) in [6, 6.07) is 4.60. The van der Waals surface area contributed by atoms with E-state index in [1.807, 2.05) is 0 Å². The monoisotopic (exact) mass is 444 g/mol. The average Bonchev–Trinajstić information content (AvgIpc) is 2.87. The van der Waals surface area contributed by atoms with Crippen LogP contribution in [0.4, 0.5) is 28.2 Å². The number of benzene rings is 1. The van der Waals surface area contributed by atoms with Gasteiger partial charge in [-0.05, 0) is 30.7 Å². The first-order chi connectivity index (χ1) is 13.9. The fraction of sp³-hybridized carbons (Fsp3) is 0.222. The van der Waals surface area contributed by atoms with Gasteiger partial charge in [-0.1, -0.05) is 23.7 Å². The number of halogens is 5. The van der Waals surface area contributed by atoms with Crippen molar-refractivity contribution in [1.82, 2.24) is 15.2 Å². The summed E-state index contributed by atoms with van der Waals surface area (Å²) in [6.45, 7) is 0.660. The summed E-state index contributed by atoms with van der Waals surface area (Å²) in [5, 5.41) is 4.13. The molecule has 0 radical (unpaired) electrons. The summed E-state index contributed by atoms with van der Waals surface area (Å²) in [7, 11) is 0. The van der Waals surface area contributed by atoms with Gasteiger partial charge in [0.1, 0.15) is 17.9 Å². The Morgan fingerprint density at radius 1 is 1.27 bits per heavy atom. The molecular weight excluding hydrogens is 432 g/mol. The molecule has 0 spiro atoms. The molecule has 3 rings (SSSR count). The third kappa shape index (κ3) is 4.06. The summed E-state index contributed by atoms with van der Waals surface area (Å²) in [5.41, 5.74) is -2.32. The quantitative estimate of drug-likeness (QED) is 0.559. The van der Waals surface area contributed by atoms with E-state index < -0.39 is 52.5 Å². The molecule has 1 saturated heterocycles. The normalized spacial score (nSPS) is 19.1. The van der Waals surface area contributed by atoms with E-state index in [2.05, 4.69) is 15.6 Å². The molecule has 30 heavy (non-hydrogen) atoms. The van der Waals surface area contributed by atoms with Crippen LogP contribution in [0.2, 0.25) is 5.02 Å². The number of carbonyl (C=O) groups is 3. The number of hydrogen-bond acceptors (Lipinski definition) is 4. The van der Waals surface area contributed by atoms with Crippen LogP contribution < -0.4 is 10.6 Å². The number of anilines is 1. The number of pyridine rings is 1. The fourth-order valence-electron chi connectivity index (χ4n) is 2.82. The van der Waals surface area contributed by atoms with Crippen LogP contribution in [0.3, 0.4) is 0 Å². The maximum atomic E-state index is 13.1. The molecule has 2 heterocycles. The van der Waals surface area contributed by atoms with E-state index >= 15 is 0 Å². The maximum Gasteiger partial charge on any atom is 0.417 e. The Bertz CT molecular complexity index is 1030. The molecule has 0 aliphatic carbocycles. The summed E-state index contributed by atoms with van der Waals surface area (Å²) >= 11 is 5.72. The van der Waals surface area contributed by atoms with Crippen molar-refractivity contribution in [3.8, 4) is 0 Å². The van der Waals surface area contributed by atoms with Gasteiger partial charge in [-0.25, -0.2) is 14.2 Å². The molecule has 0 saturated carbocycles. The zero-order chi connectivity index (χ0) is 22.3. The Kier molecular flexibility index (Phi) is 5.42. The molecule has 158 valence electrons. The molecule has 2 aromatic rings. The highest BCUT2D eigenvalue weighted by molar-refractivity contribution is 6.33. The van der Waals surface area contributed by atoms with Crippen molar-refractivity contribution in [2.24, 2.45) is 0 Å². The molecule has 12 heteroatoms. The first-order valence-corrected chi connectivity index (χ1v) is 8.72. The first kappa shape index (κ1) is 21.5. The lowest BCUT2D eigenvalue weighted by Gasteiger charge is -2.22. The third-order valence-electron chi connectivity index (χ3n) is 4.42. The van der Waals surface area contributed by atoms with Crippen molar-refractivity contribution in [3.05, 3.63) is 58.5 Å². The van der Waals surface area contributed by atoms with Crippen LogP contribution in [0.25, 0.3) is 0 Å². The molecule has 4 amide bonds. The Morgan fingerprint density at radius 2 is 1.90 bits per heavy atom. The fourth-order valence-corrected chi connectivity index (χ4v) is 3.03. The van der Waals surface area contributed by atoms with Crippen molar-refractivity contribution >= 4 is 35.3 Å². The van der Waals surface area contributed by atoms with Gasteiger partial charge in [0.2, 0.25) is 5.91 Å². The third-order valence-corrected chi connectivity index (χ3v) is 4.71. The van der Waals surface area contributed by atoms with Crippen molar-refractivity contribution in [3.63, 3.8) is 0 Å². The highest BCUT2D eigenvalue weighted by Gasteiger charge is 2.49. The van der Waals surface area contributed by atoms with Gasteiger partial charge in [-0.2, -0.15) is 13.2 Å². The van der Waals surface area contributed by atoms with Gasteiger partial charge in [-0.3, -0.25) is 14.5 Å². The minimum absolute atomic E-state index is 0.303. The Labute approximate surface area is 172 Å². The zero-order valence-corrected chi connectivity index (χ0v) is 15.9. The molecule has 1 atom stereocenters. The molecular formula is C18H13ClF4N4O3. The number of imide groups is 1. The predicted octanol–water partition coefficient (Wildman–Crippen LogP) is 3.30. The molecule has 1 aliphatic rings. The highest BCUT2D eigenvalue weighted by Crippen LogP contribution is 2.32. The average molecular weight is 445 g/mol. The second-order valence-electron chi connectivity index (χ2n) is 6.55. The number of nitrogens with zero attached hydrogens (tertiary/aromatic N) is 2. The van der Waals surface area contributed by atoms with Crippen molar-refractivity contribution in [2.75, 3.05) is 11.9 Å². The van der Waals surface area contributed by atoms with Crippen molar-refractivity contribution < 1.29 is 31.9 Å². The SMILES string of the molecule is CC1(c2ccc(F)cc2)NC(=O)N(CC(=O)Nc2ncc(C(F)(F)F)cc2Cl)C1=O.